The van der Waals surface area contributed by atoms with Gasteiger partial charge in [-0.1, -0.05) is 13.8 Å². The lowest BCUT2D eigenvalue weighted by Gasteiger charge is -2.37. The number of hydrogen-bond acceptors (Lipinski definition) is 7. The molecule has 0 atom stereocenters. The first-order valence-corrected chi connectivity index (χ1v) is 10.6. The van der Waals surface area contributed by atoms with Crippen LogP contribution in [0, 0.1) is 11.7 Å². The summed E-state index contributed by atoms with van der Waals surface area (Å²) >= 11 is 0. The number of hydrogen-bond donors (Lipinski definition) is 1. The Morgan fingerprint density at radius 2 is 1.97 bits per heavy atom. The number of piperazine rings is 1. The molecule has 3 aromatic rings. The third kappa shape index (κ3) is 4.99. The summed E-state index contributed by atoms with van der Waals surface area (Å²) in [5.74, 6) is 1.18. The summed E-state index contributed by atoms with van der Waals surface area (Å²) in [7, 11) is 1.64. The molecule has 0 spiro atoms. The predicted octanol–water partition coefficient (Wildman–Crippen LogP) is 2.93. The van der Waals surface area contributed by atoms with Crippen molar-refractivity contribution >= 4 is 5.69 Å². The molecule has 8 nitrogen and oxygen atoms in total. The summed E-state index contributed by atoms with van der Waals surface area (Å²) in [6.45, 7) is 8.33. The van der Waals surface area contributed by atoms with E-state index in [2.05, 4.69) is 55.3 Å². The summed E-state index contributed by atoms with van der Waals surface area (Å²) in [6.07, 6.45) is 2.56. The molecule has 31 heavy (non-hydrogen) atoms. The number of nitrogens with zero attached hydrogens (tertiary/aromatic N) is 6. The molecule has 2 aromatic heterocycles. The molecular weight excluding hydrogens is 397 g/mol. The van der Waals surface area contributed by atoms with Gasteiger partial charge in [-0.25, -0.2) is 4.39 Å². The Balaban J connectivity index is 1.51. The minimum atomic E-state index is -0.306. The van der Waals surface area contributed by atoms with E-state index in [0.717, 1.165) is 61.8 Å². The lowest BCUT2D eigenvalue weighted by molar-refractivity contribution is 0.247. The minimum Gasteiger partial charge on any atom is -0.495 e. The van der Waals surface area contributed by atoms with Crippen LogP contribution in [0.25, 0.3) is 11.4 Å². The number of ether oxygens (including phenoxy) is 1. The van der Waals surface area contributed by atoms with E-state index in [-0.39, 0.29) is 11.6 Å². The number of anilines is 1. The predicted molar refractivity (Wildman–Crippen MR) is 116 cm³/mol. The van der Waals surface area contributed by atoms with Crippen LogP contribution in [0.4, 0.5) is 10.1 Å². The zero-order valence-electron chi connectivity index (χ0n) is 18.2. The normalized spacial score (nSPS) is 14.9. The number of halogens is 1. The number of nitrogens with one attached hydrogen (secondary N) is 1. The van der Waals surface area contributed by atoms with Gasteiger partial charge in [-0.2, -0.15) is 5.21 Å². The molecule has 1 aromatic carbocycles. The van der Waals surface area contributed by atoms with Gasteiger partial charge in [0.1, 0.15) is 11.6 Å². The first-order chi connectivity index (χ1) is 15.0. The first kappa shape index (κ1) is 21.2. The van der Waals surface area contributed by atoms with E-state index in [1.54, 1.807) is 19.4 Å². The average molecular weight is 426 g/mol. The van der Waals surface area contributed by atoms with Crippen molar-refractivity contribution in [1.82, 2.24) is 30.5 Å². The van der Waals surface area contributed by atoms with Gasteiger partial charge in [-0.15, -0.1) is 10.2 Å². The maximum atomic E-state index is 15.1. The number of aromatic amines is 1. The van der Waals surface area contributed by atoms with Crippen LogP contribution in [0.1, 0.15) is 25.1 Å². The van der Waals surface area contributed by atoms with Gasteiger partial charge >= 0.3 is 0 Å². The minimum absolute atomic E-state index is 0.286. The monoisotopic (exact) mass is 425 g/mol. The molecule has 9 heteroatoms. The first-order valence-electron chi connectivity index (χ1n) is 10.6. The molecule has 0 aliphatic carbocycles. The number of rotatable bonds is 7. The number of aromatic nitrogens is 5. The Morgan fingerprint density at radius 1 is 1.16 bits per heavy atom. The second-order valence-corrected chi connectivity index (χ2v) is 8.26. The largest absolute Gasteiger partial charge is 0.495 e. The van der Waals surface area contributed by atoms with Gasteiger partial charge < -0.3 is 9.64 Å². The molecule has 3 heterocycles. The standard InChI is InChI=1S/C22H28FN7O/c1-15(2)10-16-11-19(23)21(22-25-27-28-26-22)20(12-16)30-8-6-29(7-9-30)14-17-4-5-18(31-3)13-24-17/h4-5,11-13,15H,6-10,14H2,1-3H3,(H,25,26,27,28). The van der Waals surface area contributed by atoms with E-state index >= 15 is 4.39 Å². The van der Waals surface area contributed by atoms with Gasteiger partial charge in [0, 0.05) is 32.7 Å². The average Bonchev–Trinajstić information content (AvgIpc) is 3.28. The fraction of sp³-hybridized carbons (Fsp3) is 0.455. The third-order valence-corrected chi connectivity index (χ3v) is 5.47. The maximum Gasteiger partial charge on any atom is 0.209 e. The lowest BCUT2D eigenvalue weighted by atomic mass is 9.98. The highest BCUT2D eigenvalue weighted by molar-refractivity contribution is 5.75. The summed E-state index contributed by atoms with van der Waals surface area (Å²) < 4.78 is 20.3. The smallest absolute Gasteiger partial charge is 0.209 e. The summed E-state index contributed by atoms with van der Waals surface area (Å²) in [5.41, 5.74) is 3.23. The molecular formula is C22H28FN7O. The Labute approximate surface area is 181 Å². The van der Waals surface area contributed by atoms with Gasteiger partial charge in [-0.05, 0) is 47.4 Å². The highest BCUT2D eigenvalue weighted by atomic mass is 19.1. The quantitative estimate of drug-likeness (QED) is 0.623. The molecule has 0 radical (unpaired) electrons. The number of benzene rings is 1. The number of H-pyrrole nitrogens is 1. The van der Waals surface area contributed by atoms with Crippen LogP contribution in [-0.2, 0) is 13.0 Å². The van der Waals surface area contributed by atoms with Crippen molar-refractivity contribution in [2.45, 2.75) is 26.8 Å². The third-order valence-electron chi connectivity index (χ3n) is 5.47. The molecule has 1 fully saturated rings. The zero-order valence-corrected chi connectivity index (χ0v) is 18.2. The van der Waals surface area contributed by atoms with Crippen LogP contribution in [0.3, 0.4) is 0 Å². The molecule has 0 amide bonds. The topological polar surface area (TPSA) is 83.1 Å². The van der Waals surface area contributed by atoms with Gasteiger partial charge in [-0.3, -0.25) is 9.88 Å². The molecule has 164 valence electrons. The summed E-state index contributed by atoms with van der Waals surface area (Å²) in [5, 5.41) is 14.1. The summed E-state index contributed by atoms with van der Waals surface area (Å²) in [6, 6.07) is 7.60. The second-order valence-electron chi connectivity index (χ2n) is 8.26. The summed E-state index contributed by atoms with van der Waals surface area (Å²) in [4.78, 5) is 9.04. The van der Waals surface area contributed by atoms with Crippen LogP contribution < -0.4 is 9.64 Å². The highest BCUT2D eigenvalue weighted by Gasteiger charge is 2.25. The molecule has 1 saturated heterocycles. The molecule has 1 aliphatic heterocycles. The van der Waals surface area contributed by atoms with Crippen LogP contribution in [0.2, 0.25) is 0 Å². The Bertz CT molecular complexity index is 984. The highest BCUT2D eigenvalue weighted by Crippen LogP contribution is 2.34. The fourth-order valence-electron chi connectivity index (χ4n) is 3.98. The van der Waals surface area contributed by atoms with Gasteiger partial charge in [0.25, 0.3) is 0 Å². The lowest BCUT2D eigenvalue weighted by Crippen LogP contribution is -2.46. The molecule has 0 bridgehead atoms. The number of methoxy groups -OCH3 is 1. The van der Waals surface area contributed by atoms with E-state index in [0.29, 0.717) is 11.5 Å². The van der Waals surface area contributed by atoms with Crippen molar-refractivity contribution in [2.75, 3.05) is 38.2 Å². The van der Waals surface area contributed by atoms with Gasteiger partial charge in [0.05, 0.1) is 30.3 Å². The van der Waals surface area contributed by atoms with Crippen molar-refractivity contribution in [3.8, 4) is 17.1 Å². The van der Waals surface area contributed by atoms with Crippen molar-refractivity contribution in [3.05, 3.63) is 47.5 Å². The Morgan fingerprint density at radius 3 is 2.58 bits per heavy atom. The van der Waals surface area contributed by atoms with Crippen LogP contribution in [-0.4, -0.2) is 63.8 Å². The molecule has 4 rings (SSSR count). The Hall–Kier alpha value is -3.07. The second kappa shape index (κ2) is 9.38. The van der Waals surface area contributed by atoms with E-state index in [1.807, 2.05) is 12.1 Å². The molecule has 0 saturated carbocycles. The maximum absolute atomic E-state index is 15.1. The van der Waals surface area contributed by atoms with E-state index in [9.17, 15) is 0 Å². The van der Waals surface area contributed by atoms with E-state index < -0.39 is 0 Å². The van der Waals surface area contributed by atoms with Crippen LogP contribution in [0.5, 0.6) is 5.75 Å². The number of pyridine rings is 1. The van der Waals surface area contributed by atoms with Crippen LogP contribution in [0.15, 0.2) is 30.5 Å². The van der Waals surface area contributed by atoms with Crippen molar-refractivity contribution in [2.24, 2.45) is 5.92 Å². The van der Waals surface area contributed by atoms with Crippen molar-refractivity contribution < 1.29 is 9.13 Å². The number of tetrazole rings is 1. The SMILES string of the molecule is COc1ccc(CN2CCN(c3cc(CC(C)C)cc(F)c3-c3nn[nH]n3)CC2)nc1. The van der Waals surface area contributed by atoms with Crippen LogP contribution >= 0.6 is 0 Å². The molecule has 0 unspecified atom stereocenters. The van der Waals surface area contributed by atoms with E-state index in [1.165, 1.54) is 0 Å². The molecule has 1 N–H and O–H groups in total. The fourth-order valence-corrected chi connectivity index (χ4v) is 3.98. The van der Waals surface area contributed by atoms with Gasteiger partial charge in [0.2, 0.25) is 5.82 Å². The van der Waals surface area contributed by atoms with Crippen molar-refractivity contribution in [1.29, 1.82) is 0 Å². The van der Waals surface area contributed by atoms with Crippen molar-refractivity contribution in [3.63, 3.8) is 0 Å². The zero-order chi connectivity index (χ0) is 21.8. The van der Waals surface area contributed by atoms with E-state index in [4.69, 9.17) is 4.74 Å². The molecule has 1 aliphatic rings. The Kier molecular flexibility index (Phi) is 6.41. The van der Waals surface area contributed by atoms with Gasteiger partial charge in [0.15, 0.2) is 0 Å².